The number of piperidine rings is 1. The van der Waals surface area contributed by atoms with Gasteiger partial charge in [-0.3, -0.25) is 9.59 Å². The fourth-order valence-electron chi connectivity index (χ4n) is 6.12. The number of carbonyl (C=O) groups is 3. The number of ether oxygens (including phenoxy) is 2. The van der Waals surface area contributed by atoms with E-state index in [2.05, 4.69) is 20.6 Å². The van der Waals surface area contributed by atoms with E-state index in [-0.39, 0.29) is 11.9 Å². The van der Waals surface area contributed by atoms with Crippen molar-refractivity contribution in [3.8, 4) is 5.75 Å². The Balaban J connectivity index is 1.42. The second-order valence-electron chi connectivity index (χ2n) is 10.6. The van der Waals surface area contributed by atoms with Crippen molar-refractivity contribution in [3.63, 3.8) is 0 Å². The maximum absolute atomic E-state index is 13.8. The van der Waals surface area contributed by atoms with E-state index in [1.807, 2.05) is 24.3 Å². The van der Waals surface area contributed by atoms with Crippen LogP contribution >= 0.6 is 0 Å². The van der Waals surface area contributed by atoms with Crippen LogP contribution in [0.1, 0.15) is 56.2 Å². The van der Waals surface area contributed by atoms with Gasteiger partial charge in [0.05, 0.1) is 31.7 Å². The Morgan fingerprint density at radius 2 is 1.82 bits per heavy atom. The summed E-state index contributed by atoms with van der Waals surface area (Å²) >= 11 is 0. The molecule has 0 spiro atoms. The van der Waals surface area contributed by atoms with E-state index >= 15 is 0 Å². The Bertz CT molecular complexity index is 1070. The van der Waals surface area contributed by atoms with Gasteiger partial charge in [-0.1, -0.05) is 31.4 Å². The third-order valence-corrected chi connectivity index (χ3v) is 8.37. The highest BCUT2D eigenvalue weighted by Crippen LogP contribution is 2.46. The minimum absolute atomic E-state index is 0.143. The Kier molecular flexibility index (Phi) is 9.84. The lowest BCUT2D eigenvalue weighted by Gasteiger charge is -2.46. The molecule has 10 nitrogen and oxygen atoms in total. The molecule has 1 aliphatic carbocycles. The molecule has 3 amide bonds. The topological polar surface area (TPSA) is 126 Å². The summed E-state index contributed by atoms with van der Waals surface area (Å²) in [6, 6.07) is 6.34. The van der Waals surface area contributed by atoms with Crippen LogP contribution in [0.25, 0.3) is 0 Å². The molecule has 2 aromatic rings. The fraction of sp³-hybridized carbons (Fsp3) is 0.586. The van der Waals surface area contributed by atoms with Crippen LogP contribution in [0.4, 0.5) is 4.79 Å². The van der Waals surface area contributed by atoms with Gasteiger partial charge in [0.15, 0.2) is 0 Å². The average Bonchev–Trinajstić information content (AvgIpc) is 3.50. The van der Waals surface area contributed by atoms with E-state index in [9.17, 15) is 14.4 Å². The van der Waals surface area contributed by atoms with Crippen molar-refractivity contribution in [2.24, 2.45) is 11.3 Å². The van der Waals surface area contributed by atoms with Crippen LogP contribution < -0.4 is 15.4 Å². The molecule has 212 valence electrons. The Hall–Kier alpha value is -3.56. The summed E-state index contributed by atoms with van der Waals surface area (Å²) in [5.74, 6) is 0.731. The molecule has 10 heteroatoms. The highest BCUT2D eigenvalue weighted by Gasteiger charge is 2.49. The van der Waals surface area contributed by atoms with Gasteiger partial charge in [-0.05, 0) is 49.3 Å². The van der Waals surface area contributed by atoms with Gasteiger partial charge in [0.2, 0.25) is 5.91 Å². The number of rotatable bonds is 10. The second-order valence-corrected chi connectivity index (χ2v) is 10.6. The highest BCUT2D eigenvalue weighted by molar-refractivity contribution is 5.88. The summed E-state index contributed by atoms with van der Waals surface area (Å²) in [6.07, 6.45) is 11.0. The van der Waals surface area contributed by atoms with Gasteiger partial charge in [-0.15, -0.1) is 0 Å². The van der Waals surface area contributed by atoms with E-state index in [1.165, 1.54) is 13.5 Å². The average molecular weight is 540 g/mol. The number of methoxy groups -OCH3 is 2. The van der Waals surface area contributed by atoms with E-state index in [1.54, 1.807) is 24.5 Å². The first-order valence-corrected chi connectivity index (χ1v) is 14.0. The number of likely N-dealkylation sites (tertiary alicyclic amines) is 1. The van der Waals surface area contributed by atoms with Crippen LogP contribution in [0.15, 0.2) is 36.8 Å². The lowest BCUT2D eigenvalue weighted by atomic mass is 9.63. The van der Waals surface area contributed by atoms with E-state index in [0.717, 1.165) is 42.7 Å². The summed E-state index contributed by atoms with van der Waals surface area (Å²) in [6.45, 7) is 1.32. The summed E-state index contributed by atoms with van der Waals surface area (Å²) in [7, 11) is 3.07. The van der Waals surface area contributed by atoms with Crippen LogP contribution in [-0.4, -0.2) is 72.7 Å². The zero-order chi connectivity index (χ0) is 27.7. The van der Waals surface area contributed by atoms with Gasteiger partial charge in [0, 0.05) is 38.7 Å². The number of nitrogens with zero attached hydrogens (tertiary/aromatic N) is 2. The van der Waals surface area contributed by atoms with Gasteiger partial charge in [-0.25, -0.2) is 9.78 Å². The summed E-state index contributed by atoms with van der Waals surface area (Å²) in [5, 5.41) is 5.73. The van der Waals surface area contributed by atoms with E-state index in [4.69, 9.17) is 9.47 Å². The van der Waals surface area contributed by atoms with Crippen molar-refractivity contribution in [1.82, 2.24) is 25.5 Å². The second kappa shape index (κ2) is 13.5. The van der Waals surface area contributed by atoms with Crippen LogP contribution in [-0.2, 0) is 27.2 Å². The normalized spacial score (nSPS) is 18.2. The van der Waals surface area contributed by atoms with Gasteiger partial charge in [0.25, 0.3) is 0 Å². The van der Waals surface area contributed by atoms with Crippen molar-refractivity contribution in [2.75, 3.05) is 33.9 Å². The molecular formula is C29H41N5O5. The molecule has 1 atom stereocenters. The minimum atomic E-state index is -0.746. The molecule has 1 aliphatic heterocycles. The predicted molar refractivity (Wildman–Crippen MR) is 146 cm³/mol. The van der Waals surface area contributed by atoms with E-state index in [0.29, 0.717) is 51.2 Å². The van der Waals surface area contributed by atoms with Crippen molar-refractivity contribution >= 4 is 17.9 Å². The molecule has 1 unspecified atom stereocenters. The van der Waals surface area contributed by atoms with Gasteiger partial charge >= 0.3 is 12.0 Å². The Labute approximate surface area is 230 Å². The van der Waals surface area contributed by atoms with Crippen LogP contribution in [0.5, 0.6) is 5.75 Å². The quantitative estimate of drug-likeness (QED) is 0.398. The number of amides is 3. The number of aromatic nitrogens is 2. The molecule has 0 bridgehead atoms. The zero-order valence-electron chi connectivity index (χ0n) is 23.0. The number of aromatic amines is 1. The number of benzene rings is 1. The van der Waals surface area contributed by atoms with Crippen molar-refractivity contribution < 1.29 is 23.9 Å². The molecule has 0 radical (unpaired) electrons. The third kappa shape index (κ3) is 7.10. The number of carbonyl (C=O) groups excluding carboxylic acids is 3. The molecule has 1 aromatic heterocycles. The first kappa shape index (κ1) is 28.4. The monoisotopic (exact) mass is 539 g/mol. The number of imidazole rings is 1. The number of H-pyrrole nitrogens is 1. The standard InChI is InChI=1S/C29H41N5O5/c1-38-24-10-8-21(9-11-24)18-25(33-28(37)31-15-12-23-19-30-20-32-23)26(35)34-16-13-29(14-17-34,27(36)39-2)22-6-4-3-5-7-22/h8-11,19-20,22,25H,3-7,12-18H2,1-2H3,(H,30,32)(H2,31,33,37). The summed E-state index contributed by atoms with van der Waals surface area (Å²) in [5.41, 5.74) is 1.23. The molecule has 2 heterocycles. The summed E-state index contributed by atoms with van der Waals surface area (Å²) in [4.78, 5) is 48.4. The van der Waals surface area contributed by atoms with Crippen molar-refractivity contribution in [3.05, 3.63) is 48.0 Å². The fourth-order valence-corrected chi connectivity index (χ4v) is 6.12. The Morgan fingerprint density at radius 3 is 2.44 bits per heavy atom. The molecule has 1 aromatic carbocycles. The SMILES string of the molecule is COC(=O)C1(C2CCCCC2)CCN(C(=O)C(Cc2ccc(OC)cc2)NC(=O)NCCc2c[nH]cn2)CC1. The predicted octanol–water partition coefficient (Wildman–Crippen LogP) is 3.23. The first-order valence-electron chi connectivity index (χ1n) is 14.0. The van der Waals surface area contributed by atoms with Crippen LogP contribution in [0.3, 0.4) is 0 Å². The molecule has 3 N–H and O–H groups in total. The third-order valence-electron chi connectivity index (χ3n) is 8.37. The van der Waals surface area contributed by atoms with Crippen molar-refractivity contribution in [2.45, 2.75) is 63.8 Å². The van der Waals surface area contributed by atoms with Gasteiger partial charge < -0.3 is 30.0 Å². The molecule has 1 saturated heterocycles. The van der Waals surface area contributed by atoms with Crippen molar-refractivity contribution in [1.29, 1.82) is 0 Å². The van der Waals surface area contributed by atoms with Crippen LogP contribution in [0, 0.1) is 11.3 Å². The maximum Gasteiger partial charge on any atom is 0.315 e. The van der Waals surface area contributed by atoms with E-state index < -0.39 is 17.5 Å². The lowest BCUT2D eigenvalue weighted by Crippen LogP contribution is -2.56. The number of nitrogens with one attached hydrogen (secondary N) is 3. The number of urea groups is 1. The molecule has 2 aliphatic rings. The molecule has 1 saturated carbocycles. The first-order chi connectivity index (χ1) is 18.9. The Morgan fingerprint density at radius 1 is 1.10 bits per heavy atom. The number of esters is 1. The lowest BCUT2D eigenvalue weighted by molar-refractivity contribution is -0.164. The number of hydrogen-bond acceptors (Lipinski definition) is 6. The molecular weight excluding hydrogens is 498 g/mol. The zero-order valence-corrected chi connectivity index (χ0v) is 23.0. The van der Waals surface area contributed by atoms with Crippen LogP contribution in [0.2, 0.25) is 0 Å². The largest absolute Gasteiger partial charge is 0.497 e. The number of hydrogen-bond donors (Lipinski definition) is 3. The van der Waals surface area contributed by atoms with Gasteiger partial charge in [-0.2, -0.15) is 0 Å². The van der Waals surface area contributed by atoms with Gasteiger partial charge in [0.1, 0.15) is 11.8 Å². The molecule has 4 rings (SSSR count). The maximum atomic E-state index is 13.8. The summed E-state index contributed by atoms with van der Waals surface area (Å²) < 4.78 is 10.5. The molecule has 2 fully saturated rings. The smallest absolute Gasteiger partial charge is 0.315 e. The molecule has 39 heavy (non-hydrogen) atoms. The highest BCUT2D eigenvalue weighted by atomic mass is 16.5. The minimum Gasteiger partial charge on any atom is -0.497 e.